The molecule has 0 saturated heterocycles. The van der Waals surface area contributed by atoms with Gasteiger partial charge in [-0.1, -0.05) is 0 Å². The Hall–Kier alpha value is -2.04. The third kappa shape index (κ3) is 1.71. The average molecular weight is 222 g/mol. The Balaban J connectivity index is 2.49. The maximum absolute atomic E-state index is 13.0. The van der Waals surface area contributed by atoms with Gasteiger partial charge in [-0.15, -0.1) is 0 Å². The van der Waals surface area contributed by atoms with E-state index in [4.69, 9.17) is 0 Å². The van der Waals surface area contributed by atoms with Crippen LogP contribution >= 0.6 is 0 Å². The van der Waals surface area contributed by atoms with Gasteiger partial charge in [-0.25, -0.2) is 13.8 Å². The van der Waals surface area contributed by atoms with Crippen LogP contribution in [0.15, 0.2) is 30.9 Å². The van der Waals surface area contributed by atoms with Gasteiger partial charge in [-0.05, 0) is 24.6 Å². The highest BCUT2D eigenvalue weighted by molar-refractivity contribution is 5.97. The number of hydrogen-bond donors (Lipinski definition) is 0. The smallest absolute Gasteiger partial charge is 0.263 e. The Labute approximate surface area is 90.3 Å². The van der Waals surface area contributed by atoms with Gasteiger partial charge in [0.2, 0.25) is 0 Å². The largest absolute Gasteiger partial charge is 0.272 e. The Morgan fingerprint density at radius 2 is 2.00 bits per heavy atom. The number of benzene rings is 1. The normalized spacial score (nSPS) is 10.4. The number of aromatic nitrogens is 2. The maximum atomic E-state index is 13.0. The molecule has 0 unspecified atom stereocenters. The molecule has 0 amide bonds. The summed E-state index contributed by atoms with van der Waals surface area (Å²) >= 11 is 0. The Kier molecular flexibility index (Phi) is 2.52. The fourth-order valence-corrected chi connectivity index (χ4v) is 1.40. The zero-order chi connectivity index (χ0) is 11.7. The second-order valence-corrected chi connectivity index (χ2v) is 3.36. The van der Waals surface area contributed by atoms with Gasteiger partial charge in [-0.2, -0.15) is 0 Å². The van der Waals surface area contributed by atoms with Gasteiger partial charge < -0.3 is 0 Å². The number of halogens is 2. The first-order chi connectivity index (χ1) is 7.59. The van der Waals surface area contributed by atoms with E-state index in [0.717, 1.165) is 12.1 Å². The van der Waals surface area contributed by atoms with E-state index >= 15 is 0 Å². The van der Waals surface area contributed by atoms with Crippen molar-refractivity contribution in [1.82, 2.24) is 9.55 Å². The molecule has 0 radical (unpaired) electrons. The topological polar surface area (TPSA) is 34.9 Å². The quantitative estimate of drug-likeness (QED) is 0.741. The van der Waals surface area contributed by atoms with Gasteiger partial charge in [-0.3, -0.25) is 9.36 Å². The minimum absolute atomic E-state index is 0.122. The van der Waals surface area contributed by atoms with Crippen molar-refractivity contribution in [3.05, 3.63) is 53.6 Å². The number of carbonyl (C=O) groups excluding carboxylic acids is 1. The predicted molar refractivity (Wildman–Crippen MR) is 53.1 cm³/mol. The fraction of sp³-hybridized carbons (Fsp3) is 0.0909. The zero-order valence-electron chi connectivity index (χ0n) is 8.45. The van der Waals surface area contributed by atoms with Crippen LogP contribution in [0.2, 0.25) is 0 Å². The van der Waals surface area contributed by atoms with Gasteiger partial charge in [0.1, 0.15) is 6.33 Å². The summed E-state index contributed by atoms with van der Waals surface area (Å²) in [6.07, 6.45) is 4.19. The van der Waals surface area contributed by atoms with Gasteiger partial charge in [0, 0.05) is 18.0 Å². The molecule has 0 bridgehead atoms. The number of carbonyl (C=O) groups is 1. The van der Waals surface area contributed by atoms with E-state index in [1.165, 1.54) is 23.3 Å². The van der Waals surface area contributed by atoms with Crippen molar-refractivity contribution in [3.63, 3.8) is 0 Å². The van der Waals surface area contributed by atoms with Crippen molar-refractivity contribution in [2.45, 2.75) is 6.92 Å². The lowest BCUT2D eigenvalue weighted by atomic mass is 10.1. The third-order valence-corrected chi connectivity index (χ3v) is 2.24. The van der Waals surface area contributed by atoms with Crippen LogP contribution in [0.5, 0.6) is 0 Å². The Bertz CT molecular complexity index is 535. The van der Waals surface area contributed by atoms with Crippen LogP contribution < -0.4 is 0 Å². The number of imidazole rings is 1. The molecule has 0 atom stereocenters. The Morgan fingerprint density at radius 1 is 1.31 bits per heavy atom. The molecule has 0 aliphatic carbocycles. The summed E-state index contributed by atoms with van der Waals surface area (Å²) in [6.45, 7) is 1.55. The van der Waals surface area contributed by atoms with Crippen molar-refractivity contribution in [2.75, 3.05) is 0 Å². The summed E-state index contributed by atoms with van der Waals surface area (Å²) in [7, 11) is 0. The molecule has 1 aromatic carbocycles. The van der Waals surface area contributed by atoms with Crippen molar-refractivity contribution in [2.24, 2.45) is 0 Å². The van der Waals surface area contributed by atoms with E-state index in [1.54, 1.807) is 6.92 Å². The Morgan fingerprint density at radius 3 is 2.62 bits per heavy atom. The third-order valence-electron chi connectivity index (χ3n) is 2.24. The highest BCUT2D eigenvalue weighted by Crippen LogP contribution is 2.15. The number of hydrogen-bond acceptors (Lipinski definition) is 2. The van der Waals surface area contributed by atoms with Crippen LogP contribution in [-0.4, -0.2) is 15.5 Å². The molecule has 16 heavy (non-hydrogen) atoms. The summed E-state index contributed by atoms with van der Waals surface area (Å²) in [5, 5.41) is 0. The van der Waals surface area contributed by atoms with E-state index in [-0.39, 0.29) is 5.56 Å². The van der Waals surface area contributed by atoms with Crippen LogP contribution in [0.4, 0.5) is 8.78 Å². The molecule has 0 aliphatic heterocycles. The van der Waals surface area contributed by atoms with Crippen LogP contribution in [0.3, 0.4) is 0 Å². The molecule has 5 heteroatoms. The molecular weight excluding hydrogens is 214 g/mol. The van der Waals surface area contributed by atoms with Gasteiger partial charge >= 0.3 is 0 Å². The van der Waals surface area contributed by atoms with E-state index in [0.29, 0.717) is 5.56 Å². The maximum Gasteiger partial charge on any atom is 0.263 e. The van der Waals surface area contributed by atoms with Crippen molar-refractivity contribution in [3.8, 4) is 0 Å². The second kappa shape index (κ2) is 3.84. The van der Waals surface area contributed by atoms with E-state index in [1.807, 2.05) is 0 Å². The summed E-state index contributed by atoms with van der Waals surface area (Å²) < 4.78 is 27.1. The lowest BCUT2D eigenvalue weighted by Crippen LogP contribution is -2.12. The molecule has 1 heterocycles. The average Bonchev–Trinajstić information content (AvgIpc) is 2.75. The summed E-state index contributed by atoms with van der Waals surface area (Å²) in [6, 6.07) is 1.90. The molecule has 82 valence electrons. The molecule has 2 rings (SSSR count). The van der Waals surface area contributed by atoms with Crippen LogP contribution in [0, 0.1) is 18.6 Å². The second-order valence-electron chi connectivity index (χ2n) is 3.36. The first-order valence-corrected chi connectivity index (χ1v) is 4.58. The molecule has 3 nitrogen and oxygen atoms in total. The van der Waals surface area contributed by atoms with E-state index < -0.39 is 17.5 Å². The molecule has 0 N–H and O–H groups in total. The first kappa shape index (κ1) is 10.5. The van der Waals surface area contributed by atoms with E-state index in [9.17, 15) is 13.6 Å². The minimum Gasteiger partial charge on any atom is -0.272 e. The molecule has 0 aliphatic rings. The summed E-state index contributed by atoms with van der Waals surface area (Å²) in [4.78, 5) is 15.5. The molecule has 0 fully saturated rings. The van der Waals surface area contributed by atoms with Crippen LogP contribution in [0.1, 0.15) is 15.9 Å². The van der Waals surface area contributed by atoms with Crippen molar-refractivity contribution in [1.29, 1.82) is 0 Å². The predicted octanol–water partition coefficient (Wildman–Crippen LogP) is 2.16. The van der Waals surface area contributed by atoms with Crippen molar-refractivity contribution >= 4 is 5.91 Å². The monoisotopic (exact) mass is 222 g/mol. The molecule has 0 spiro atoms. The number of aryl methyl sites for hydroxylation is 1. The molecule has 1 aromatic heterocycles. The van der Waals surface area contributed by atoms with Gasteiger partial charge in [0.15, 0.2) is 11.6 Å². The fourth-order valence-electron chi connectivity index (χ4n) is 1.40. The van der Waals surface area contributed by atoms with Gasteiger partial charge in [0.25, 0.3) is 5.91 Å². The zero-order valence-corrected chi connectivity index (χ0v) is 8.45. The molecule has 0 saturated carbocycles. The van der Waals surface area contributed by atoms with Crippen molar-refractivity contribution < 1.29 is 13.6 Å². The first-order valence-electron chi connectivity index (χ1n) is 4.58. The molecule has 2 aromatic rings. The van der Waals surface area contributed by atoms with Crippen LogP contribution in [0.25, 0.3) is 0 Å². The summed E-state index contributed by atoms with van der Waals surface area (Å²) in [5.74, 6) is -2.43. The summed E-state index contributed by atoms with van der Waals surface area (Å²) in [5.41, 5.74) is 0.509. The highest BCUT2D eigenvalue weighted by atomic mass is 19.2. The van der Waals surface area contributed by atoms with E-state index in [2.05, 4.69) is 4.98 Å². The highest BCUT2D eigenvalue weighted by Gasteiger charge is 2.14. The number of rotatable bonds is 1. The standard InChI is InChI=1S/C11H8F2N2O/c1-7-4-9(12)10(13)5-8(7)11(16)15-3-2-14-6-15/h2-6H,1H3. The molecular formula is C11H8F2N2O. The lowest BCUT2D eigenvalue weighted by Gasteiger charge is -2.05. The SMILES string of the molecule is Cc1cc(F)c(F)cc1C(=O)n1ccnc1. The number of nitrogens with zero attached hydrogens (tertiary/aromatic N) is 2. The lowest BCUT2D eigenvalue weighted by molar-refractivity contribution is 0.0958. The van der Waals surface area contributed by atoms with Gasteiger partial charge in [0.05, 0.1) is 0 Å². The van der Waals surface area contributed by atoms with Crippen LogP contribution in [-0.2, 0) is 0 Å². The minimum atomic E-state index is -1.03.